The lowest BCUT2D eigenvalue weighted by Crippen LogP contribution is -2.25. The Hall–Kier alpha value is -1.68. The van der Waals surface area contributed by atoms with Crippen LogP contribution in [0.2, 0.25) is 0 Å². The van der Waals surface area contributed by atoms with Crippen molar-refractivity contribution in [2.24, 2.45) is 0 Å². The molecule has 0 atom stereocenters. The highest BCUT2D eigenvalue weighted by molar-refractivity contribution is 9.11. The minimum absolute atomic E-state index is 0.207. The van der Waals surface area contributed by atoms with Gasteiger partial charge in [0, 0.05) is 24.7 Å². The molecule has 3 aromatic rings. The molecule has 0 radical (unpaired) electrons. The van der Waals surface area contributed by atoms with E-state index >= 15 is 0 Å². The van der Waals surface area contributed by atoms with Crippen LogP contribution in [0.3, 0.4) is 0 Å². The summed E-state index contributed by atoms with van der Waals surface area (Å²) in [4.78, 5) is 22.3. The predicted octanol–water partition coefficient (Wildman–Crippen LogP) is 6.43. The van der Waals surface area contributed by atoms with E-state index in [0.29, 0.717) is 24.4 Å². The van der Waals surface area contributed by atoms with Gasteiger partial charge in [0.1, 0.15) is 17.2 Å². The molecule has 34 heavy (non-hydrogen) atoms. The molecule has 0 spiro atoms. The van der Waals surface area contributed by atoms with Crippen molar-refractivity contribution in [2.75, 3.05) is 33.4 Å². The molecule has 182 valence electrons. The largest absolute Gasteiger partial charge is 0.496 e. The van der Waals surface area contributed by atoms with E-state index in [9.17, 15) is 4.79 Å². The molecular weight excluding hydrogens is 630 g/mol. The quantitative estimate of drug-likeness (QED) is 0.241. The zero-order chi connectivity index (χ0) is 24.7. The molecule has 0 bridgehead atoms. The first-order valence-electron chi connectivity index (χ1n) is 11.1. The molecule has 2 aromatic carbocycles. The van der Waals surface area contributed by atoms with Gasteiger partial charge >= 0.3 is 0 Å². The number of hydrogen-bond acceptors (Lipinski definition) is 5. The number of benzene rings is 2. The minimum Gasteiger partial charge on any atom is -0.496 e. The third-order valence-corrected chi connectivity index (χ3v) is 7.30. The Labute approximate surface area is 225 Å². The van der Waals surface area contributed by atoms with E-state index < -0.39 is 0 Å². The van der Waals surface area contributed by atoms with Gasteiger partial charge in [-0.15, -0.1) is 0 Å². The van der Waals surface area contributed by atoms with Crippen molar-refractivity contribution in [1.82, 2.24) is 14.9 Å². The molecule has 0 saturated carbocycles. The standard InChI is InChI=1S/C25H28Br3N3O3/c1-4-31(5-2)9-6-10-34-24-19(27)13-17(14-20(24)28)22-15-29-25(32)21(30-22)12-16-7-8-23(33-3)18(26)11-16/h7-8,11,13-15H,4-6,9-10,12H2,1-3H3,(H,29,32). The second kappa shape index (κ2) is 12.9. The van der Waals surface area contributed by atoms with Crippen LogP contribution < -0.4 is 15.0 Å². The molecule has 0 aliphatic carbocycles. The van der Waals surface area contributed by atoms with Gasteiger partial charge in [-0.25, -0.2) is 4.98 Å². The van der Waals surface area contributed by atoms with Gasteiger partial charge in [-0.2, -0.15) is 0 Å². The Morgan fingerprint density at radius 3 is 2.35 bits per heavy atom. The lowest BCUT2D eigenvalue weighted by atomic mass is 10.1. The van der Waals surface area contributed by atoms with Crippen LogP contribution in [0.5, 0.6) is 11.5 Å². The molecule has 0 unspecified atom stereocenters. The highest BCUT2D eigenvalue weighted by Crippen LogP contribution is 2.37. The zero-order valence-electron chi connectivity index (χ0n) is 19.5. The number of nitrogens with zero attached hydrogens (tertiary/aromatic N) is 2. The van der Waals surface area contributed by atoms with Gasteiger partial charge in [-0.1, -0.05) is 19.9 Å². The van der Waals surface area contributed by atoms with Crippen molar-refractivity contribution < 1.29 is 9.47 Å². The van der Waals surface area contributed by atoms with Crippen molar-refractivity contribution in [3.63, 3.8) is 0 Å². The summed E-state index contributed by atoms with van der Waals surface area (Å²) in [5, 5.41) is 0. The summed E-state index contributed by atoms with van der Waals surface area (Å²) in [6, 6.07) is 9.65. The second-order valence-electron chi connectivity index (χ2n) is 7.71. The van der Waals surface area contributed by atoms with Crippen LogP contribution in [0.4, 0.5) is 0 Å². The minimum atomic E-state index is -0.207. The Balaban J connectivity index is 1.77. The molecule has 0 amide bonds. The summed E-state index contributed by atoms with van der Waals surface area (Å²) < 4.78 is 13.8. The molecule has 0 aliphatic heterocycles. The molecule has 6 nitrogen and oxygen atoms in total. The molecular formula is C25H28Br3N3O3. The Morgan fingerprint density at radius 2 is 1.74 bits per heavy atom. The average molecular weight is 658 g/mol. The van der Waals surface area contributed by atoms with Crippen LogP contribution >= 0.6 is 47.8 Å². The van der Waals surface area contributed by atoms with E-state index in [2.05, 4.69) is 76.5 Å². The van der Waals surface area contributed by atoms with E-state index in [0.717, 1.165) is 62.1 Å². The van der Waals surface area contributed by atoms with Crippen molar-refractivity contribution in [1.29, 1.82) is 0 Å². The first-order chi connectivity index (χ1) is 16.4. The summed E-state index contributed by atoms with van der Waals surface area (Å²) in [6.07, 6.45) is 2.99. The predicted molar refractivity (Wildman–Crippen MR) is 147 cm³/mol. The highest BCUT2D eigenvalue weighted by atomic mass is 79.9. The Bertz CT molecular complexity index is 1160. The number of methoxy groups -OCH3 is 1. The molecule has 0 fully saturated rings. The van der Waals surface area contributed by atoms with E-state index in [4.69, 9.17) is 9.47 Å². The fourth-order valence-electron chi connectivity index (χ4n) is 3.57. The lowest BCUT2D eigenvalue weighted by Gasteiger charge is -2.18. The monoisotopic (exact) mass is 655 g/mol. The van der Waals surface area contributed by atoms with Gasteiger partial charge in [0.05, 0.1) is 32.8 Å². The van der Waals surface area contributed by atoms with Gasteiger partial charge in [0.2, 0.25) is 0 Å². The third kappa shape index (κ3) is 6.93. The molecule has 3 rings (SSSR count). The Morgan fingerprint density at radius 1 is 1.03 bits per heavy atom. The van der Waals surface area contributed by atoms with Crippen LogP contribution in [0.25, 0.3) is 11.3 Å². The topological polar surface area (TPSA) is 67.5 Å². The van der Waals surface area contributed by atoms with Crippen LogP contribution in [-0.2, 0) is 6.42 Å². The maximum Gasteiger partial charge on any atom is 0.270 e. The summed E-state index contributed by atoms with van der Waals surface area (Å²) in [5.74, 6) is 1.50. The van der Waals surface area contributed by atoms with Crippen molar-refractivity contribution >= 4 is 47.8 Å². The number of hydrogen-bond donors (Lipinski definition) is 1. The van der Waals surface area contributed by atoms with E-state index in [1.54, 1.807) is 13.3 Å². The number of ether oxygens (including phenoxy) is 2. The van der Waals surface area contributed by atoms with Gasteiger partial charge in [-0.05, 0) is 97.1 Å². The van der Waals surface area contributed by atoms with Crippen LogP contribution in [0.1, 0.15) is 31.5 Å². The van der Waals surface area contributed by atoms with Gasteiger partial charge < -0.3 is 19.4 Å². The van der Waals surface area contributed by atoms with Crippen LogP contribution in [0, 0.1) is 0 Å². The van der Waals surface area contributed by atoms with E-state index in [-0.39, 0.29) is 5.56 Å². The second-order valence-corrected chi connectivity index (χ2v) is 10.3. The third-order valence-electron chi connectivity index (χ3n) is 5.50. The highest BCUT2D eigenvalue weighted by Gasteiger charge is 2.14. The number of halogens is 3. The number of aromatic amines is 1. The summed E-state index contributed by atoms with van der Waals surface area (Å²) >= 11 is 10.8. The molecule has 0 aliphatic rings. The zero-order valence-corrected chi connectivity index (χ0v) is 24.2. The first kappa shape index (κ1) is 26.9. The number of aromatic nitrogens is 2. The summed E-state index contributed by atoms with van der Waals surface area (Å²) in [5.41, 5.74) is 2.73. The number of nitrogens with one attached hydrogen (secondary N) is 1. The fraction of sp³-hybridized carbons (Fsp3) is 0.360. The maximum atomic E-state index is 12.4. The molecule has 9 heteroatoms. The molecule has 1 N–H and O–H groups in total. The molecule has 1 heterocycles. The van der Waals surface area contributed by atoms with E-state index in [1.165, 1.54) is 0 Å². The first-order valence-corrected chi connectivity index (χ1v) is 13.5. The summed E-state index contributed by atoms with van der Waals surface area (Å²) in [6.45, 7) is 8.07. The van der Waals surface area contributed by atoms with Gasteiger partial charge in [0.15, 0.2) is 0 Å². The van der Waals surface area contributed by atoms with Crippen molar-refractivity contribution in [3.8, 4) is 22.8 Å². The average Bonchev–Trinajstić information content (AvgIpc) is 2.82. The normalized spacial score (nSPS) is 11.1. The number of H-pyrrole nitrogens is 1. The van der Waals surface area contributed by atoms with Crippen molar-refractivity contribution in [3.05, 3.63) is 71.6 Å². The lowest BCUT2D eigenvalue weighted by molar-refractivity contribution is 0.247. The number of rotatable bonds is 11. The van der Waals surface area contributed by atoms with Gasteiger partial charge in [0.25, 0.3) is 5.56 Å². The Kier molecular flexibility index (Phi) is 10.2. The molecule has 0 saturated heterocycles. The SMILES string of the molecule is CCN(CC)CCCOc1c(Br)cc(-c2c[nH]c(=O)c(Cc3ccc(OC)c(Br)c3)n2)cc1Br. The van der Waals surface area contributed by atoms with Crippen molar-refractivity contribution in [2.45, 2.75) is 26.7 Å². The van der Waals surface area contributed by atoms with E-state index in [1.807, 2.05) is 30.3 Å². The van der Waals surface area contributed by atoms with Crippen LogP contribution in [-0.4, -0.2) is 48.2 Å². The fourth-order valence-corrected chi connectivity index (χ4v) is 5.58. The maximum absolute atomic E-state index is 12.4. The smallest absolute Gasteiger partial charge is 0.270 e. The van der Waals surface area contributed by atoms with Gasteiger partial charge in [-0.3, -0.25) is 4.79 Å². The summed E-state index contributed by atoms with van der Waals surface area (Å²) in [7, 11) is 1.62. The molecule has 1 aromatic heterocycles. The van der Waals surface area contributed by atoms with Crippen LogP contribution in [0.15, 0.2) is 54.7 Å².